The van der Waals surface area contributed by atoms with E-state index in [0.717, 1.165) is 9.80 Å². The van der Waals surface area contributed by atoms with Gasteiger partial charge in [0.2, 0.25) is 35.8 Å². The second kappa shape index (κ2) is 18.0. The van der Waals surface area contributed by atoms with Crippen LogP contribution >= 0.6 is 0 Å². The molecule has 16 heteroatoms. The lowest BCUT2D eigenvalue weighted by Gasteiger charge is -2.35. The van der Waals surface area contributed by atoms with Crippen LogP contribution in [0.3, 0.4) is 0 Å². The van der Waals surface area contributed by atoms with Crippen LogP contribution in [-0.4, -0.2) is 113 Å². The van der Waals surface area contributed by atoms with E-state index in [2.05, 4.69) is 21.3 Å². The Morgan fingerprint density at radius 1 is 0.725 bits per heavy atom. The Kier molecular flexibility index (Phi) is 14.1. The first-order valence-electron chi connectivity index (χ1n) is 16.2. The van der Waals surface area contributed by atoms with Gasteiger partial charge in [-0.3, -0.25) is 28.8 Å². The highest BCUT2D eigenvalue weighted by Crippen LogP contribution is 2.24. The van der Waals surface area contributed by atoms with Gasteiger partial charge in [0.25, 0.3) is 5.91 Å². The highest BCUT2D eigenvalue weighted by molar-refractivity contribution is 5.97. The third-order valence-electron chi connectivity index (χ3n) is 8.34. The van der Waals surface area contributed by atoms with Crippen molar-refractivity contribution in [3.63, 3.8) is 0 Å². The average molecular weight is 711 g/mol. The summed E-state index contributed by atoms with van der Waals surface area (Å²) in [4.78, 5) is 82.6. The Hall–Kier alpha value is -5.48. The first-order valence-corrected chi connectivity index (χ1v) is 16.2. The number of benzene rings is 2. The van der Waals surface area contributed by atoms with E-state index < -0.39 is 78.0 Å². The molecule has 0 spiro atoms. The monoisotopic (exact) mass is 710 g/mol. The van der Waals surface area contributed by atoms with Crippen molar-refractivity contribution in [1.29, 1.82) is 0 Å². The Morgan fingerprint density at radius 3 is 1.82 bits per heavy atom. The van der Waals surface area contributed by atoms with Gasteiger partial charge in [-0.2, -0.15) is 0 Å². The minimum atomic E-state index is -2.21. The molecule has 0 radical (unpaired) electrons. The topological polar surface area (TPSA) is 216 Å². The summed E-state index contributed by atoms with van der Waals surface area (Å²) >= 11 is 0. The maximum atomic E-state index is 13.9. The van der Waals surface area contributed by atoms with Crippen molar-refractivity contribution in [3.05, 3.63) is 72.0 Å². The van der Waals surface area contributed by atoms with Crippen molar-refractivity contribution in [3.8, 4) is 11.5 Å². The van der Waals surface area contributed by atoms with Crippen molar-refractivity contribution in [2.75, 3.05) is 21.2 Å². The normalized spacial score (nSPS) is 25.3. The van der Waals surface area contributed by atoms with Gasteiger partial charge in [0.05, 0.1) is 13.4 Å². The van der Waals surface area contributed by atoms with Crippen LogP contribution in [0.1, 0.15) is 44.9 Å². The van der Waals surface area contributed by atoms with Gasteiger partial charge >= 0.3 is 0 Å². The molecule has 3 rings (SSSR count). The first-order chi connectivity index (χ1) is 24.1. The summed E-state index contributed by atoms with van der Waals surface area (Å²) in [5.74, 6) is -4.27. The maximum absolute atomic E-state index is 13.9. The first kappa shape index (κ1) is 40.0. The predicted molar refractivity (Wildman–Crippen MR) is 184 cm³/mol. The van der Waals surface area contributed by atoms with Gasteiger partial charge in [0.15, 0.2) is 0 Å². The van der Waals surface area contributed by atoms with E-state index in [-0.39, 0.29) is 12.0 Å². The summed E-state index contributed by atoms with van der Waals surface area (Å²) in [5, 5.41) is 31.4. The zero-order chi connectivity index (χ0) is 38.0. The molecule has 2 aromatic rings. The molecule has 6 amide bonds. The Morgan fingerprint density at radius 2 is 1.25 bits per heavy atom. The Labute approximate surface area is 296 Å². The van der Waals surface area contributed by atoms with E-state index >= 15 is 0 Å². The Bertz CT molecular complexity index is 1600. The molecular weight excluding hydrogens is 664 g/mol. The largest absolute Gasteiger partial charge is 0.497 e. The van der Waals surface area contributed by atoms with Gasteiger partial charge in [-0.1, -0.05) is 30.3 Å². The second-order valence-corrected chi connectivity index (χ2v) is 12.1. The fourth-order valence-electron chi connectivity index (χ4n) is 5.31. The molecule has 51 heavy (non-hydrogen) atoms. The molecule has 1 heterocycles. The number of aliphatic hydroxyl groups excluding tert-OH is 2. The molecule has 0 aliphatic carbocycles. The molecular formula is C35H46N6O10. The highest BCUT2D eigenvalue weighted by atomic mass is 16.5. The third kappa shape index (κ3) is 10.3. The van der Waals surface area contributed by atoms with Crippen LogP contribution in [0.5, 0.6) is 11.5 Å². The third-order valence-corrected chi connectivity index (χ3v) is 8.34. The lowest BCUT2D eigenvalue weighted by atomic mass is 9.99. The number of ether oxygens (including phenoxy) is 2. The molecule has 1 saturated heterocycles. The SMILES string of the molecule is C/C=C/Oc1ccc([C@@H](O)[C@H]2C(=O)NC(O)C(=O)N[C@@H](C)C(=O)N[C@H](C)C(=O)N(C)[C@@H](Cc3ccc(OC)cc3)C(=O)N[C@H](C)C(=O)N2C)cc1. The quantitative estimate of drug-likeness (QED) is 0.203. The number of methoxy groups -OCH3 is 1. The zero-order valence-corrected chi connectivity index (χ0v) is 29.6. The number of hydrogen-bond acceptors (Lipinski definition) is 10. The van der Waals surface area contributed by atoms with Crippen LogP contribution in [0.2, 0.25) is 0 Å². The maximum Gasteiger partial charge on any atom is 0.270 e. The average Bonchev–Trinajstić information content (AvgIpc) is 3.11. The van der Waals surface area contributed by atoms with Gasteiger partial charge in [0, 0.05) is 20.5 Å². The number of nitrogens with zero attached hydrogens (tertiary/aromatic N) is 2. The summed E-state index contributed by atoms with van der Waals surface area (Å²) in [7, 11) is 4.10. The molecule has 1 aliphatic heterocycles. The summed E-state index contributed by atoms with van der Waals surface area (Å²) in [5.41, 5.74) is 0.835. The summed E-state index contributed by atoms with van der Waals surface area (Å²) in [6.45, 7) is 5.82. The second-order valence-electron chi connectivity index (χ2n) is 12.1. The minimum absolute atomic E-state index is 0.0112. The smallest absolute Gasteiger partial charge is 0.270 e. The molecule has 1 fully saturated rings. The van der Waals surface area contributed by atoms with Crippen LogP contribution < -0.4 is 30.7 Å². The van der Waals surface area contributed by atoms with E-state index in [1.807, 2.05) is 0 Å². The molecule has 1 unspecified atom stereocenters. The molecule has 276 valence electrons. The summed E-state index contributed by atoms with van der Waals surface area (Å²) < 4.78 is 10.6. The van der Waals surface area contributed by atoms with E-state index in [1.165, 1.54) is 72.5 Å². The number of carbonyl (C=O) groups excluding carboxylic acids is 6. The van der Waals surface area contributed by atoms with Crippen LogP contribution in [0.4, 0.5) is 0 Å². The fourth-order valence-corrected chi connectivity index (χ4v) is 5.31. The predicted octanol–water partition coefficient (Wildman–Crippen LogP) is -0.500. The molecule has 0 saturated carbocycles. The van der Waals surface area contributed by atoms with Crippen LogP contribution in [0, 0.1) is 0 Å². The number of allylic oxidation sites excluding steroid dienone is 1. The number of aliphatic hydroxyl groups is 2. The summed E-state index contributed by atoms with van der Waals surface area (Å²) in [6.07, 6.45) is -0.780. The van der Waals surface area contributed by atoms with Gasteiger partial charge in [-0.25, -0.2) is 0 Å². The number of rotatable bonds is 7. The van der Waals surface area contributed by atoms with Crippen LogP contribution in [0.25, 0.3) is 0 Å². The summed E-state index contributed by atoms with van der Waals surface area (Å²) in [6, 6.07) is 6.14. The minimum Gasteiger partial charge on any atom is -0.497 e. The molecule has 16 nitrogen and oxygen atoms in total. The number of carbonyl (C=O) groups is 6. The molecule has 7 atom stereocenters. The van der Waals surface area contributed by atoms with Crippen LogP contribution in [-0.2, 0) is 35.2 Å². The lowest BCUT2D eigenvalue weighted by molar-refractivity contribution is -0.149. The van der Waals surface area contributed by atoms with E-state index in [0.29, 0.717) is 17.1 Å². The van der Waals surface area contributed by atoms with Gasteiger partial charge < -0.3 is 50.8 Å². The Balaban J connectivity index is 2.03. The number of amides is 6. The van der Waals surface area contributed by atoms with E-state index in [9.17, 15) is 39.0 Å². The van der Waals surface area contributed by atoms with Crippen molar-refractivity contribution < 1.29 is 48.5 Å². The van der Waals surface area contributed by atoms with E-state index in [1.54, 1.807) is 37.3 Å². The number of nitrogens with one attached hydrogen (secondary N) is 4. The fraction of sp³-hybridized carbons (Fsp3) is 0.429. The van der Waals surface area contributed by atoms with E-state index in [4.69, 9.17) is 9.47 Å². The van der Waals surface area contributed by atoms with Gasteiger partial charge in [-0.05, 0) is 63.1 Å². The van der Waals surface area contributed by atoms with Crippen molar-refractivity contribution >= 4 is 35.4 Å². The molecule has 1 aliphatic rings. The molecule has 0 aromatic heterocycles. The molecule has 2 aromatic carbocycles. The van der Waals surface area contributed by atoms with Crippen LogP contribution in [0.15, 0.2) is 60.9 Å². The van der Waals surface area contributed by atoms with Crippen molar-refractivity contribution in [1.82, 2.24) is 31.1 Å². The number of hydrogen-bond donors (Lipinski definition) is 6. The molecule has 6 N–H and O–H groups in total. The van der Waals surface area contributed by atoms with Gasteiger partial charge in [0.1, 0.15) is 47.8 Å². The highest BCUT2D eigenvalue weighted by Gasteiger charge is 2.39. The lowest BCUT2D eigenvalue weighted by Crippen LogP contribution is -2.61. The van der Waals surface area contributed by atoms with Crippen molar-refractivity contribution in [2.24, 2.45) is 0 Å². The van der Waals surface area contributed by atoms with Crippen molar-refractivity contribution in [2.45, 2.75) is 76.7 Å². The standard InChI is InChI=1S/C35H46N6O10/c1-8-17-51-25-15-11-23(12-16-25)28(42)27-31(45)39-33(47)32(46)36-19(2)29(43)37-20(3)34(48)40(5)26(18-22-9-13-24(50-7)14-10-22)30(44)38-21(4)35(49)41(27)6/h8-17,19-21,26-28,33,42,47H,18H2,1-7H3,(H,36,46)(H,37,43)(H,38,44)(H,39,45)/b17-8+/t19-,20+,21+,26-,27-,28+,33?/m0/s1. The van der Waals surface area contributed by atoms with Gasteiger partial charge in [-0.15, -0.1) is 0 Å². The zero-order valence-electron chi connectivity index (χ0n) is 29.6. The molecule has 0 bridgehead atoms. The number of likely N-dealkylation sites (N-methyl/N-ethyl adjacent to an activating group) is 2.